The number of benzene rings is 5. The van der Waals surface area contributed by atoms with Crippen molar-refractivity contribution in [1.82, 2.24) is 10.3 Å². The molecule has 0 bridgehead atoms. The summed E-state index contributed by atoms with van der Waals surface area (Å²) in [6.45, 7) is 0. The summed E-state index contributed by atoms with van der Waals surface area (Å²) in [7, 11) is 0. The van der Waals surface area contributed by atoms with Crippen molar-refractivity contribution in [1.29, 1.82) is 0 Å². The lowest BCUT2D eigenvalue weighted by atomic mass is 9.90. The Labute approximate surface area is 225 Å². The lowest BCUT2D eigenvalue weighted by Crippen LogP contribution is -2.37. The van der Waals surface area contributed by atoms with E-state index in [1.807, 2.05) is 103 Å². The van der Waals surface area contributed by atoms with Crippen LogP contribution in [0.15, 0.2) is 126 Å². The Morgan fingerprint density at radius 2 is 1.42 bits per heavy atom. The molecule has 0 fully saturated rings. The predicted octanol–water partition coefficient (Wildman–Crippen LogP) is 7.29. The number of nitrogens with zero attached hydrogens (tertiary/aromatic N) is 1. The number of oxazole rings is 1. The molecule has 38 heavy (non-hydrogen) atoms. The maximum absolute atomic E-state index is 13.4. The molecular formula is C32H23N3O2S. The first-order chi connectivity index (χ1) is 18.7. The summed E-state index contributed by atoms with van der Waals surface area (Å²) in [6, 6.07) is 39.1. The molecule has 0 unspecified atom stereocenters. The average molecular weight is 514 g/mol. The molecule has 0 radical (unpaired) electrons. The lowest BCUT2D eigenvalue weighted by molar-refractivity contribution is -0.120. The molecule has 5 aromatic carbocycles. The van der Waals surface area contributed by atoms with Crippen LogP contribution in [0.2, 0.25) is 0 Å². The Hall–Kier alpha value is -4.81. The monoisotopic (exact) mass is 513 g/mol. The van der Waals surface area contributed by atoms with Crippen molar-refractivity contribution in [3.8, 4) is 11.5 Å². The second-order valence-corrected chi connectivity index (χ2v) is 9.33. The van der Waals surface area contributed by atoms with Gasteiger partial charge in [0.1, 0.15) is 5.52 Å². The minimum Gasteiger partial charge on any atom is -0.436 e. The van der Waals surface area contributed by atoms with Crippen molar-refractivity contribution < 1.29 is 9.21 Å². The Morgan fingerprint density at radius 3 is 2.16 bits per heavy atom. The van der Waals surface area contributed by atoms with Gasteiger partial charge in [-0.3, -0.25) is 4.79 Å². The highest BCUT2D eigenvalue weighted by Gasteiger charge is 2.23. The molecule has 0 aliphatic rings. The van der Waals surface area contributed by atoms with Gasteiger partial charge in [-0.2, -0.15) is 0 Å². The third-order valence-corrected chi connectivity index (χ3v) is 6.63. The van der Waals surface area contributed by atoms with E-state index in [1.54, 1.807) is 0 Å². The van der Waals surface area contributed by atoms with Crippen LogP contribution in [0.1, 0.15) is 17.0 Å². The summed E-state index contributed by atoms with van der Waals surface area (Å²) in [6.07, 6.45) is 0. The van der Waals surface area contributed by atoms with Crippen LogP contribution in [0.4, 0.5) is 5.69 Å². The molecule has 0 aliphatic heterocycles. The van der Waals surface area contributed by atoms with Gasteiger partial charge in [0.25, 0.3) is 0 Å². The molecule has 6 heteroatoms. The third-order valence-electron chi connectivity index (χ3n) is 6.43. The zero-order valence-electron chi connectivity index (χ0n) is 20.3. The number of amides is 1. The Kier molecular flexibility index (Phi) is 6.38. The van der Waals surface area contributed by atoms with Gasteiger partial charge in [-0.15, -0.1) is 0 Å². The van der Waals surface area contributed by atoms with E-state index in [0.717, 1.165) is 27.5 Å². The lowest BCUT2D eigenvalue weighted by Gasteiger charge is -2.18. The second kappa shape index (κ2) is 10.3. The summed E-state index contributed by atoms with van der Waals surface area (Å²) >= 11 is 5.50. The number of hydrogen-bond donors (Lipinski definition) is 2. The molecule has 0 saturated heterocycles. The number of anilines is 1. The highest BCUT2D eigenvalue weighted by Crippen LogP contribution is 2.31. The Bertz CT molecular complexity index is 1720. The molecule has 1 aromatic heterocycles. The van der Waals surface area contributed by atoms with Crippen LogP contribution in [0.3, 0.4) is 0 Å². The van der Waals surface area contributed by atoms with E-state index in [-0.39, 0.29) is 11.0 Å². The molecule has 5 nitrogen and oxygen atoms in total. The van der Waals surface area contributed by atoms with Crippen LogP contribution in [0, 0.1) is 0 Å². The molecule has 6 rings (SSSR count). The van der Waals surface area contributed by atoms with Crippen LogP contribution >= 0.6 is 12.2 Å². The van der Waals surface area contributed by atoms with E-state index < -0.39 is 5.92 Å². The molecule has 2 N–H and O–H groups in total. The Morgan fingerprint density at radius 1 is 0.763 bits per heavy atom. The third kappa shape index (κ3) is 4.77. The number of nitrogens with one attached hydrogen (secondary N) is 2. The molecule has 1 heterocycles. The van der Waals surface area contributed by atoms with Gasteiger partial charge in [0.05, 0.1) is 5.92 Å². The number of hydrogen-bond acceptors (Lipinski definition) is 4. The second-order valence-electron chi connectivity index (χ2n) is 8.93. The summed E-state index contributed by atoms with van der Waals surface area (Å²) in [5.41, 5.74) is 4.79. The number of carbonyl (C=O) groups excluding carboxylic acids is 1. The molecule has 1 amide bonds. The number of rotatable bonds is 5. The highest BCUT2D eigenvalue weighted by molar-refractivity contribution is 7.80. The molecule has 184 valence electrons. The molecular weight excluding hydrogens is 490 g/mol. The van der Waals surface area contributed by atoms with Crippen molar-refractivity contribution in [2.75, 3.05) is 5.32 Å². The average Bonchev–Trinajstić information content (AvgIpc) is 3.37. The van der Waals surface area contributed by atoms with E-state index in [0.29, 0.717) is 22.7 Å². The first kappa shape index (κ1) is 23.6. The summed E-state index contributed by atoms with van der Waals surface area (Å²) in [4.78, 5) is 18.1. The van der Waals surface area contributed by atoms with Gasteiger partial charge < -0.3 is 15.1 Å². The predicted molar refractivity (Wildman–Crippen MR) is 156 cm³/mol. The quantitative estimate of drug-likeness (QED) is 0.237. The smallest absolute Gasteiger partial charge is 0.238 e. The summed E-state index contributed by atoms with van der Waals surface area (Å²) in [5, 5.41) is 8.40. The van der Waals surface area contributed by atoms with Gasteiger partial charge >= 0.3 is 0 Å². The number of fused-ring (bicyclic) bond motifs is 2. The van der Waals surface area contributed by atoms with Crippen molar-refractivity contribution in [2.24, 2.45) is 0 Å². The van der Waals surface area contributed by atoms with E-state index in [9.17, 15) is 4.79 Å². The van der Waals surface area contributed by atoms with Crippen molar-refractivity contribution in [2.45, 2.75) is 5.92 Å². The van der Waals surface area contributed by atoms with Gasteiger partial charge in [-0.1, -0.05) is 97.1 Å². The fourth-order valence-corrected chi connectivity index (χ4v) is 4.88. The van der Waals surface area contributed by atoms with E-state index in [4.69, 9.17) is 21.6 Å². The van der Waals surface area contributed by atoms with Gasteiger partial charge in [-0.25, -0.2) is 4.98 Å². The van der Waals surface area contributed by atoms with Crippen molar-refractivity contribution in [3.63, 3.8) is 0 Å². The van der Waals surface area contributed by atoms with E-state index in [1.165, 1.54) is 0 Å². The van der Waals surface area contributed by atoms with Crippen LogP contribution in [0.5, 0.6) is 0 Å². The molecule has 0 spiro atoms. The first-order valence-corrected chi connectivity index (χ1v) is 12.7. The van der Waals surface area contributed by atoms with E-state index in [2.05, 4.69) is 28.8 Å². The minimum atomic E-state index is -0.488. The van der Waals surface area contributed by atoms with Crippen LogP contribution in [-0.4, -0.2) is 16.0 Å². The number of thiocarbonyl (C=S) groups is 1. The van der Waals surface area contributed by atoms with Gasteiger partial charge in [0, 0.05) is 11.3 Å². The van der Waals surface area contributed by atoms with Gasteiger partial charge in [0.15, 0.2) is 10.7 Å². The topological polar surface area (TPSA) is 67.2 Å². The number of aromatic nitrogens is 1. The molecule has 6 aromatic rings. The zero-order valence-corrected chi connectivity index (χ0v) is 21.1. The summed E-state index contributed by atoms with van der Waals surface area (Å²) in [5.74, 6) is -0.141. The highest BCUT2D eigenvalue weighted by atomic mass is 32.1. The first-order valence-electron chi connectivity index (χ1n) is 12.3. The standard InChI is InChI=1S/C32H23N3O2S/c36-30(29(22-11-3-1-4-12-22)23-13-5-2-6-14-23)35-32(38)33-24-18-19-28-27(20-24)34-31(37-28)26-17-9-15-21-10-7-8-16-25(21)26/h1-20,29H,(H2,33,35,36,38). The van der Waals surface area contributed by atoms with Gasteiger partial charge in [-0.05, 0) is 58.4 Å². The fourth-order valence-electron chi connectivity index (χ4n) is 4.66. The maximum atomic E-state index is 13.4. The molecule has 0 atom stereocenters. The van der Waals surface area contributed by atoms with Crippen LogP contribution in [0.25, 0.3) is 33.3 Å². The zero-order chi connectivity index (χ0) is 25.9. The Balaban J connectivity index is 1.22. The summed E-state index contributed by atoms with van der Waals surface area (Å²) < 4.78 is 6.07. The van der Waals surface area contributed by atoms with Crippen LogP contribution in [-0.2, 0) is 4.79 Å². The SMILES string of the molecule is O=C(NC(=S)Nc1ccc2oc(-c3cccc4ccccc34)nc2c1)C(c1ccccc1)c1ccccc1. The van der Waals surface area contributed by atoms with Crippen molar-refractivity contribution >= 4 is 50.8 Å². The molecule has 0 aliphatic carbocycles. The largest absolute Gasteiger partial charge is 0.436 e. The molecule has 0 saturated carbocycles. The fraction of sp³-hybridized carbons (Fsp3) is 0.0312. The van der Waals surface area contributed by atoms with Crippen LogP contribution < -0.4 is 10.6 Å². The number of carbonyl (C=O) groups is 1. The normalized spacial score (nSPS) is 11.1. The van der Waals surface area contributed by atoms with E-state index >= 15 is 0 Å². The maximum Gasteiger partial charge on any atom is 0.238 e. The van der Waals surface area contributed by atoms with Gasteiger partial charge in [0.2, 0.25) is 11.8 Å². The minimum absolute atomic E-state index is 0.208. The van der Waals surface area contributed by atoms with Crippen molar-refractivity contribution in [3.05, 3.63) is 132 Å².